The fourth-order valence-electron chi connectivity index (χ4n) is 0. The summed E-state index contributed by atoms with van der Waals surface area (Å²) in [6, 6.07) is 0. The summed E-state index contributed by atoms with van der Waals surface area (Å²) in [5, 5.41) is 14.0. The van der Waals surface area contributed by atoms with Gasteiger partial charge in [0.2, 0.25) is 0 Å². The molecule has 0 aromatic heterocycles. The van der Waals surface area contributed by atoms with Gasteiger partial charge in [0.1, 0.15) is 0 Å². The summed E-state index contributed by atoms with van der Waals surface area (Å²) in [5.41, 5.74) is 0. The Morgan fingerprint density at radius 1 is 0.875 bits per heavy atom. The zero-order valence-corrected chi connectivity index (χ0v) is 7.36. The molecule has 52 valence electrons. The van der Waals surface area contributed by atoms with Crippen molar-refractivity contribution in [1.82, 2.24) is 0 Å². The first-order valence-electron chi connectivity index (χ1n) is 1.10. The molecular weight excluding hydrogens is 144 g/mol. The van der Waals surface area contributed by atoms with Crippen molar-refractivity contribution < 1.29 is 33.9 Å². The van der Waals surface area contributed by atoms with E-state index in [1.165, 1.54) is 0 Å². The molecule has 0 amide bonds. The van der Waals surface area contributed by atoms with Crippen LogP contribution in [-0.4, -0.2) is 24.4 Å². The van der Waals surface area contributed by atoms with Crippen molar-refractivity contribution in [3.05, 3.63) is 14.9 Å². The van der Waals surface area contributed by atoms with E-state index in [4.69, 9.17) is 13.5 Å². The molecule has 0 aliphatic heterocycles. The predicted octanol–water partition coefficient (Wildman–Crippen LogP) is -0.00372. The molecule has 0 fully saturated rings. The van der Waals surface area contributed by atoms with Crippen LogP contribution in [0.1, 0.15) is 0 Å². The molecule has 0 aliphatic carbocycles. The first-order valence-corrected chi connectivity index (χ1v) is 1.74. The van der Waals surface area contributed by atoms with E-state index in [1.807, 2.05) is 0 Å². The molecule has 0 aromatic carbocycles. The van der Waals surface area contributed by atoms with Crippen LogP contribution in [-0.2, 0) is 23.7 Å². The number of aliphatic hydroxyl groups excluding tert-OH is 2. The quantitative estimate of drug-likeness (QED) is 0.385. The minimum atomic E-state index is 0. The van der Waals surface area contributed by atoms with Crippen LogP contribution in [0.5, 0.6) is 0 Å². The standard InChI is InChI=1S/2CH4O.2CH3.O.Ti/c2*1-2;;;;/h2*2H,1H3;2*1H3;;/q;;2*-1;;+2. The first kappa shape index (κ1) is 39.5. The number of hydrogen-bond donors (Lipinski definition) is 2. The van der Waals surface area contributed by atoms with Gasteiger partial charge in [-0.1, -0.05) is 0 Å². The van der Waals surface area contributed by atoms with Crippen LogP contribution >= 0.6 is 0 Å². The van der Waals surface area contributed by atoms with Gasteiger partial charge in [-0.25, -0.2) is 0 Å². The summed E-state index contributed by atoms with van der Waals surface area (Å²) in [6.45, 7) is 0. The molecular formula is C4H14O3Ti. The van der Waals surface area contributed by atoms with Crippen LogP contribution in [0.25, 0.3) is 0 Å². The third kappa shape index (κ3) is 1010. The number of hydrogen-bond acceptors (Lipinski definition) is 3. The Bertz CT molecular complexity index is 11.2. The van der Waals surface area contributed by atoms with Gasteiger partial charge >= 0.3 is 23.7 Å². The van der Waals surface area contributed by atoms with Gasteiger partial charge in [-0.2, -0.15) is 0 Å². The van der Waals surface area contributed by atoms with Gasteiger partial charge < -0.3 is 25.1 Å². The van der Waals surface area contributed by atoms with Gasteiger partial charge in [0.15, 0.2) is 0 Å². The average molecular weight is 158 g/mol. The second-order valence-corrected chi connectivity index (χ2v) is 0. The maximum absolute atomic E-state index is 8.25. The van der Waals surface area contributed by atoms with Crippen molar-refractivity contribution >= 4 is 0 Å². The van der Waals surface area contributed by atoms with Crippen LogP contribution in [0.4, 0.5) is 0 Å². The molecule has 0 aromatic rings. The van der Waals surface area contributed by atoms with Crippen molar-refractivity contribution in [2.24, 2.45) is 0 Å². The second-order valence-electron chi connectivity index (χ2n) is 0. The van der Waals surface area contributed by atoms with Crippen molar-refractivity contribution in [2.45, 2.75) is 0 Å². The molecule has 0 saturated heterocycles. The van der Waals surface area contributed by atoms with Crippen molar-refractivity contribution in [3.63, 3.8) is 0 Å². The molecule has 0 unspecified atom stereocenters. The van der Waals surface area contributed by atoms with Gasteiger partial charge in [0, 0.05) is 14.2 Å². The topological polar surface area (TPSA) is 57.5 Å². The second kappa shape index (κ2) is 1630. The summed E-state index contributed by atoms with van der Waals surface area (Å²) < 4.78 is 8.25. The molecule has 0 saturated carbocycles. The minimum absolute atomic E-state index is 0. The van der Waals surface area contributed by atoms with Gasteiger partial charge in [-0.15, -0.1) is 0 Å². The molecule has 3 nitrogen and oxygen atoms in total. The molecule has 0 aliphatic rings. The van der Waals surface area contributed by atoms with Crippen molar-refractivity contribution in [3.8, 4) is 0 Å². The Balaban J connectivity index is -0.00000000500. The van der Waals surface area contributed by atoms with E-state index in [0.29, 0.717) is 0 Å². The molecule has 0 heterocycles. The fraction of sp³-hybridized carbons (Fsp3) is 0.500. The number of aliphatic hydroxyl groups is 2. The van der Waals surface area contributed by atoms with Gasteiger partial charge in [0.25, 0.3) is 0 Å². The van der Waals surface area contributed by atoms with Gasteiger partial charge in [0.05, 0.1) is 0 Å². The molecule has 0 spiro atoms. The molecule has 0 bridgehead atoms. The van der Waals surface area contributed by atoms with Gasteiger partial charge in [-0.05, 0) is 0 Å². The molecule has 2 N–H and O–H groups in total. The van der Waals surface area contributed by atoms with E-state index in [9.17, 15) is 0 Å². The molecule has 8 heavy (non-hydrogen) atoms. The van der Waals surface area contributed by atoms with Crippen LogP contribution in [0.15, 0.2) is 0 Å². The fourth-order valence-corrected chi connectivity index (χ4v) is 0. The molecule has 0 atom stereocenters. The van der Waals surface area contributed by atoms with Crippen LogP contribution in [0.2, 0.25) is 0 Å². The molecule has 4 heteroatoms. The molecule has 0 radical (unpaired) electrons. The number of rotatable bonds is 0. The normalized spacial score (nSPS) is 2.25. The third-order valence-electron chi connectivity index (χ3n) is 0. The summed E-state index contributed by atoms with van der Waals surface area (Å²) in [5.74, 6) is 0. The van der Waals surface area contributed by atoms with E-state index in [1.54, 1.807) is 0 Å². The summed E-state index contributed by atoms with van der Waals surface area (Å²) in [4.78, 5) is 0. The van der Waals surface area contributed by atoms with Gasteiger partial charge in [-0.3, -0.25) is 0 Å². The Kier molecular flexibility index (Phi) is 8060. The predicted molar refractivity (Wildman–Crippen MR) is 29.8 cm³/mol. The summed E-state index contributed by atoms with van der Waals surface area (Å²) in [6.07, 6.45) is 0. The SMILES string of the molecule is CO.CO.[CH3-].[CH3-].[O]=[Ti+2]. The van der Waals surface area contributed by atoms with E-state index in [2.05, 4.69) is 0 Å². The zero-order chi connectivity index (χ0) is 6.00. The summed E-state index contributed by atoms with van der Waals surface area (Å²) >= 11 is 0.750. The zero-order valence-electron chi connectivity index (χ0n) is 5.80. The Morgan fingerprint density at radius 2 is 0.875 bits per heavy atom. The van der Waals surface area contributed by atoms with E-state index >= 15 is 0 Å². The Hall–Kier alpha value is 0.434. The molecule has 0 rings (SSSR count). The van der Waals surface area contributed by atoms with Crippen molar-refractivity contribution in [1.29, 1.82) is 0 Å². The van der Waals surface area contributed by atoms with Crippen LogP contribution in [0.3, 0.4) is 0 Å². The van der Waals surface area contributed by atoms with Crippen LogP contribution in [0, 0.1) is 14.9 Å². The third-order valence-corrected chi connectivity index (χ3v) is 0. The first-order chi connectivity index (χ1) is 3.00. The van der Waals surface area contributed by atoms with E-state index in [0.717, 1.165) is 34.6 Å². The Morgan fingerprint density at radius 3 is 0.875 bits per heavy atom. The van der Waals surface area contributed by atoms with E-state index < -0.39 is 0 Å². The van der Waals surface area contributed by atoms with Crippen molar-refractivity contribution in [2.75, 3.05) is 14.2 Å². The Labute approximate surface area is 63.5 Å². The summed E-state index contributed by atoms with van der Waals surface area (Å²) in [7, 11) is 2.00. The monoisotopic (exact) mass is 158 g/mol. The van der Waals surface area contributed by atoms with Crippen LogP contribution < -0.4 is 0 Å². The van der Waals surface area contributed by atoms with E-state index in [-0.39, 0.29) is 14.9 Å². The average Bonchev–Trinajstić information content (AvgIpc) is 1.81. The maximum atomic E-state index is 8.25.